The average Bonchev–Trinajstić information content (AvgIpc) is 3.05. The van der Waals surface area contributed by atoms with Crippen molar-refractivity contribution < 1.29 is 14.4 Å². The number of ether oxygens (including phenoxy) is 1. The number of nitrogens with one attached hydrogen (secondary N) is 2. The number of nitrogens with zero attached hydrogens (tertiary/aromatic N) is 1. The standard InChI is InChI=1S/C19H29N3O2/c1-15(2)14-24-19(20-9-12-22-10-4-5-11-22)21-18(23)17-8-6-7-16(3)13-17/h6-8,13,15H,4-5,9-12,14H2,1-3H3,(H,20,21,23)/p+1. The molecule has 132 valence electrons. The van der Waals surface area contributed by atoms with Gasteiger partial charge in [-0.25, -0.2) is 4.99 Å². The third-order valence-corrected chi connectivity index (χ3v) is 4.09. The Morgan fingerprint density at radius 3 is 2.75 bits per heavy atom. The molecule has 1 saturated heterocycles. The summed E-state index contributed by atoms with van der Waals surface area (Å²) in [7, 11) is 0. The molecule has 2 rings (SSSR count). The number of hydrogen-bond acceptors (Lipinski definition) is 3. The van der Waals surface area contributed by atoms with E-state index in [1.807, 2.05) is 25.1 Å². The molecule has 0 bridgehead atoms. The molecule has 1 fully saturated rings. The highest BCUT2D eigenvalue weighted by atomic mass is 16.5. The van der Waals surface area contributed by atoms with Crippen LogP contribution in [-0.4, -0.2) is 44.7 Å². The number of aliphatic imine (C=N–C) groups is 1. The number of quaternary nitrogens is 1. The Morgan fingerprint density at radius 1 is 1.33 bits per heavy atom. The highest BCUT2D eigenvalue weighted by molar-refractivity contribution is 6.04. The van der Waals surface area contributed by atoms with Gasteiger partial charge < -0.3 is 9.64 Å². The van der Waals surface area contributed by atoms with E-state index in [1.165, 1.54) is 25.9 Å². The second-order valence-corrected chi connectivity index (χ2v) is 6.92. The largest absolute Gasteiger partial charge is 0.465 e. The molecule has 1 aromatic rings. The molecule has 0 aliphatic carbocycles. The minimum absolute atomic E-state index is 0.172. The summed E-state index contributed by atoms with van der Waals surface area (Å²) in [5.74, 6) is 0.213. The van der Waals surface area contributed by atoms with Crippen LogP contribution in [0.3, 0.4) is 0 Å². The minimum atomic E-state index is -0.172. The molecule has 1 heterocycles. The zero-order valence-electron chi connectivity index (χ0n) is 15.1. The van der Waals surface area contributed by atoms with Crippen molar-refractivity contribution in [2.75, 3.05) is 32.8 Å². The lowest BCUT2D eigenvalue weighted by Gasteiger charge is -2.14. The van der Waals surface area contributed by atoms with E-state index in [0.29, 0.717) is 30.7 Å². The quantitative estimate of drug-likeness (QED) is 0.612. The Hall–Kier alpha value is -1.88. The van der Waals surface area contributed by atoms with Gasteiger partial charge in [0.15, 0.2) is 0 Å². The van der Waals surface area contributed by atoms with Crippen LogP contribution in [0.4, 0.5) is 0 Å². The van der Waals surface area contributed by atoms with Gasteiger partial charge in [-0.05, 0) is 25.0 Å². The van der Waals surface area contributed by atoms with Crippen LogP contribution >= 0.6 is 0 Å². The Morgan fingerprint density at radius 2 is 2.08 bits per heavy atom. The Labute approximate surface area is 145 Å². The first-order chi connectivity index (χ1) is 11.5. The van der Waals surface area contributed by atoms with Crippen molar-refractivity contribution in [3.8, 4) is 0 Å². The lowest BCUT2D eigenvalue weighted by Crippen LogP contribution is -3.10. The predicted molar refractivity (Wildman–Crippen MR) is 96.5 cm³/mol. The van der Waals surface area contributed by atoms with Gasteiger partial charge in [-0.2, -0.15) is 0 Å². The van der Waals surface area contributed by atoms with E-state index in [0.717, 1.165) is 12.1 Å². The Bertz CT molecular complexity index is 563. The van der Waals surface area contributed by atoms with E-state index < -0.39 is 0 Å². The average molecular weight is 332 g/mol. The fourth-order valence-corrected chi connectivity index (χ4v) is 2.76. The van der Waals surface area contributed by atoms with Crippen molar-refractivity contribution in [1.29, 1.82) is 0 Å². The van der Waals surface area contributed by atoms with Crippen molar-refractivity contribution in [2.24, 2.45) is 10.9 Å². The molecule has 0 radical (unpaired) electrons. The van der Waals surface area contributed by atoms with Crippen LogP contribution in [0.2, 0.25) is 0 Å². The molecule has 5 nitrogen and oxygen atoms in total. The maximum absolute atomic E-state index is 12.4. The number of hydrogen-bond donors (Lipinski definition) is 2. The maximum atomic E-state index is 12.4. The van der Waals surface area contributed by atoms with Gasteiger partial charge in [0.2, 0.25) is 0 Å². The highest BCUT2D eigenvalue weighted by Crippen LogP contribution is 2.04. The van der Waals surface area contributed by atoms with Crippen molar-refractivity contribution in [1.82, 2.24) is 5.32 Å². The van der Waals surface area contributed by atoms with E-state index in [-0.39, 0.29) is 5.91 Å². The normalized spacial score (nSPS) is 15.8. The number of benzene rings is 1. The predicted octanol–water partition coefficient (Wildman–Crippen LogP) is 1.43. The number of rotatable bonds is 6. The topological polar surface area (TPSA) is 55.1 Å². The molecule has 1 aliphatic rings. The molecule has 0 unspecified atom stereocenters. The second kappa shape index (κ2) is 9.42. The van der Waals surface area contributed by atoms with Gasteiger partial charge in [0.25, 0.3) is 11.9 Å². The van der Waals surface area contributed by atoms with E-state index >= 15 is 0 Å². The van der Waals surface area contributed by atoms with Crippen LogP contribution in [-0.2, 0) is 4.74 Å². The molecule has 0 atom stereocenters. The summed E-state index contributed by atoms with van der Waals surface area (Å²) in [4.78, 5) is 18.5. The van der Waals surface area contributed by atoms with Gasteiger partial charge >= 0.3 is 0 Å². The van der Waals surface area contributed by atoms with Gasteiger partial charge in [-0.1, -0.05) is 31.5 Å². The number of amidine groups is 1. The van der Waals surface area contributed by atoms with E-state index in [2.05, 4.69) is 24.2 Å². The van der Waals surface area contributed by atoms with Crippen molar-refractivity contribution in [3.05, 3.63) is 35.4 Å². The van der Waals surface area contributed by atoms with Crippen LogP contribution in [0.5, 0.6) is 0 Å². The molecule has 1 aromatic carbocycles. The number of amides is 1. The summed E-state index contributed by atoms with van der Waals surface area (Å²) in [5.41, 5.74) is 1.68. The lowest BCUT2D eigenvalue weighted by atomic mass is 10.1. The van der Waals surface area contributed by atoms with Gasteiger partial charge in [0.05, 0.1) is 32.8 Å². The molecule has 5 heteroatoms. The van der Waals surface area contributed by atoms with Gasteiger partial charge in [0, 0.05) is 18.4 Å². The zero-order chi connectivity index (χ0) is 17.4. The highest BCUT2D eigenvalue weighted by Gasteiger charge is 2.15. The van der Waals surface area contributed by atoms with Crippen molar-refractivity contribution in [3.63, 3.8) is 0 Å². The fraction of sp³-hybridized carbons (Fsp3) is 0.579. The summed E-state index contributed by atoms with van der Waals surface area (Å²) in [6.45, 7) is 10.8. The molecule has 2 N–H and O–H groups in total. The summed E-state index contributed by atoms with van der Waals surface area (Å²) < 4.78 is 5.70. The van der Waals surface area contributed by atoms with E-state index in [1.54, 1.807) is 11.0 Å². The lowest BCUT2D eigenvalue weighted by molar-refractivity contribution is -0.885. The first-order valence-electron chi connectivity index (χ1n) is 8.93. The second-order valence-electron chi connectivity index (χ2n) is 6.92. The monoisotopic (exact) mass is 332 g/mol. The van der Waals surface area contributed by atoms with E-state index in [9.17, 15) is 4.79 Å². The first-order valence-corrected chi connectivity index (χ1v) is 8.93. The third-order valence-electron chi connectivity index (χ3n) is 4.09. The summed E-state index contributed by atoms with van der Waals surface area (Å²) in [6.07, 6.45) is 2.61. The van der Waals surface area contributed by atoms with Gasteiger partial charge in [0.1, 0.15) is 0 Å². The number of carbonyl (C=O) groups is 1. The first kappa shape index (κ1) is 18.5. The van der Waals surface area contributed by atoms with Crippen molar-refractivity contribution in [2.45, 2.75) is 33.6 Å². The SMILES string of the molecule is Cc1cccc(C(=O)NC(=NCC[NH+]2CCCC2)OCC(C)C)c1. The molecule has 0 spiro atoms. The molecule has 24 heavy (non-hydrogen) atoms. The molecule has 1 amide bonds. The molecular weight excluding hydrogens is 302 g/mol. The van der Waals surface area contributed by atoms with Crippen LogP contribution in [0, 0.1) is 12.8 Å². The molecular formula is C19H30N3O2+. The molecule has 0 aromatic heterocycles. The van der Waals surface area contributed by atoms with Crippen molar-refractivity contribution >= 4 is 11.9 Å². The number of aryl methyl sites for hydroxylation is 1. The smallest absolute Gasteiger partial charge is 0.291 e. The fourth-order valence-electron chi connectivity index (χ4n) is 2.76. The maximum Gasteiger partial charge on any atom is 0.291 e. The van der Waals surface area contributed by atoms with Crippen LogP contribution < -0.4 is 10.2 Å². The van der Waals surface area contributed by atoms with Crippen LogP contribution in [0.1, 0.15) is 42.6 Å². The van der Waals surface area contributed by atoms with E-state index in [4.69, 9.17) is 4.74 Å². The summed E-state index contributed by atoms with van der Waals surface area (Å²) in [5, 5.41) is 2.82. The van der Waals surface area contributed by atoms with Crippen LogP contribution in [0.25, 0.3) is 0 Å². The molecule has 1 aliphatic heterocycles. The minimum Gasteiger partial charge on any atom is -0.465 e. The zero-order valence-corrected chi connectivity index (χ0v) is 15.1. The van der Waals surface area contributed by atoms with Gasteiger partial charge in [-0.15, -0.1) is 0 Å². The summed E-state index contributed by atoms with van der Waals surface area (Å²) >= 11 is 0. The van der Waals surface area contributed by atoms with Crippen LogP contribution in [0.15, 0.2) is 29.3 Å². The number of likely N-dealkylation sites (tertiary alicyclic amines) is 1. The Kier molecular flexibility index (Phi) is 7.25. The molecule has 0 saturated carbocycles. The van der Waals surface area contributed by atoms with Gasteiger partial charge in [-0.3, -0.25) is 10.1 Å². The summed E-state index contributed by atoms with van der Waals surface area (Å²) in [6, 6.07) is 7.86. The Balaban J connectivity index is 1.94. The number of carbonyl (C=O) groups excluding carboxylic acids is 1. The third kappa shape index (κ3) is 6.32.